The Bertz CT molecular complexity index is 883. The Labute approximate surface area is 177 Å². The first-order valence-electron chi connectivity index (χ1n) is 9.72. The maximum atomic E-state index is 6.06. The van der Waals surface area contributed by atoms with Crippen LogP contribution in [0.2, 0.25) is 0 Å². The van der Waals surface area contributed by atoms with E-state index in [4.69, 9.17) is 18.9 Å². The van der Waals surface area contributed by atoms with Gasteiger partial charge in [0.25, 0.3) is 0 Å². The van der Waals surface area contributed by atoms with Crippen molar-refractivity contribution in [3.8, 4) is 43.9 Å². The summed E-state index contributed by atoms with van der Waals surface area (Å²) in [6, 6.07) is 16.0. The highest BCUT2D eigenvalue weighted by molar-refractivity contribution is 7.19. The fourth-order valence-electron chi connectivity index (χ4n) is 3.16. The third-order valence-electron chi connectivity index (χ3n) is 4.24. The molecule has 0 N–H and O–H groups in total. The summed E-state index contributed by atoms with van der Waals surface area (Å²) in [5.74, 6) is 3.20. The molecular weight excluding hydrogens is 384 g/mol. The van der Waals surface area contributed by atoms with Crippen LogP contribution in [0, 0.1) is 0 Å². The summed E-state index contributed by atoms with van der Waals surface area (Å²) in [7, 11) is 3.36. The Morgan fingerprint density at radius 1 is 0.586 bits per heavy atom. The molecule has 2 aromatic carbocycles. The Balaban J connectivity index is 2.12. The molecule has 3 rings (SSSR count). The lowest BCUT2D eigenvalue weighted by Crippen LogP contribution is -2.06. The maximum Gasteiger partial charge on any atom is 0.132 e. The minimum Gasteiger partial charge on any atom is -0.496 e. The van der Waals surface area contributed by atoms with Gasteiger partial charge in [-0.1, -0.05) is 12.1 Å². The Kier molecular flexibility index (Phi) is 6.70. The normalized spacial score (nSPS) is 11.0. The fraction of sp³-hybridized carbons (Fsp3) is 0.333. The lowest BCUT2D eigenvalue weighted by molar-refractivity contribution is 0.242. The highest BCUT2D eigenvalue weighted by Gasteiger charge is 2.20. The van der Waals surface area contributed by atoms with Crippen LogP contribution in [0.15, 0.2) is 48.5 Å². The van der Waals surface area contributed by atoms with E-state index in [1.165, 1.54) is 0 Å². The predicted octanol–water partition coefficient (Wildman–Crippen LogP) is 6.67. The largest absolute Gasteiger partial charge is 0.496 e. The minimum absolute atomic E-state index is 0.0700. The monoisotopic (exact) mass is 412 g/mol. The molecule has 29 heavy (non-hydrogen) atoms. The van der Waals surface area contributed by atoms with Crippen LogP contribution in [0.1, 0.15) is 27.7 Å². The molecule has 0 fully saturated rings. The Hall–Kier alpha value is -2.66. The maximum absolute atomic E-state index is 6.06. The van der Waals surface area contributed by atoms with Gasteiger partial charge in [0.1, 0.15) is 23.0 Å². The summed E-state index contributed by atoms with van der Waals surface area (Å²) >= 11 is 1.66. The lowest BCUT2D eigenvalue weighted by atomic mass is 10.1. The Morgan fingerprint density at radius 3 is 1.31 bits per heavy atom. The number of thiophene rings is 1. The van der Waals surface area contributed by atoms with Crippen molar-refractivity contribution in [2.45, 2.75) is 39.9 Å². The summed E-state index contributed by atoms with van der Waals surface area (Å²) in [5.41, 5.74) is 1.92. The van der Waals surface area contributed by atoms with Crippen molar-refractivity contribution in [3.63, 3.8) is 0 Å². The molecule has 0 amide bonds. The summed E-state index contributed by atoms with van der Waals surface area (Å²) in [5, 5.41) is 0. The van der Waals surface area contributed by atoms with Crippen LogP contribution in [0.3, 0.4) is 0 Å². The zero-order valence-electron chi connectivity index (χ0n) is 17.8. The second-order valence-corrected chi connectivity index (χ2v) is 8.25. The highest BCUT2D eigenvalue weighted by Crippen LogP contribution is 2.47. The molecule has 0 radical (unpaired) electrons. The predicted molar refractivity (Wildman–Crippen MR) is 120 cm³/mol. The number of rotatable bonds is 8. The van der Waals surface area contributed by atoms with Crippen LogP contribution in [-0.2, 0) is 0 Å². The standard InChI is InChI=1S/C24H28O4S/c1-15(2)27-19-11-7-9-17(25-5)23(19)21-13-14-22(29-21)24-18(26-6)10-8-12-20(24)28-16(3)4/h7-16H,1-6H3. The SMILES string of the molecule is COc1cccc(OC(C)C)c1-c1ccc(-c2c(OC)cccc2OC(C)C)s1. The van der Waals surface area contributed by atoms with E-state index in [0.29, 0.717) is 0 Å². The number of hydrogen-bond donors (Lipinski definition) is 0. The van der Waals surface area contributed by atoms with Gasteiger partial charge in [0.2, 0.25) is 0 Å². The van der Waals surface area contributed by atoms with E-state index in [9.17, 15) is 0 Å². The van der Waals surface area contributed by atoms with Gasteiger partial charge >= 0.3 is 0 Å². The van der Waals surface area contributed by atoms with Crippen LogP contribution in [-0.4, -0.2) is 26.4 Å². The molecule has 1 aromatic heterocycles. The molecule has 0 spiro atoms. The van der Waals surface area contributed by atoms with Crippen molar-refractivity contribution >= 4 is 11.3 Å². The summed E-state index contributed by atoms with van der Waals surface area (Å²) in [4.78, 5) is 2.13. The van der Waals surface area contributed by atoms with Crippen molar-refractivity contribution in [1.29, 1.82) is 0 Å². The number of benzene rings is 2. The zero-order chi connectivity index (χ0) is 21.0. The molecule has 154 valence electrons. The van der Waals surface area contributed by atoms with Crippen molar-refractivity contribution in [2.24, 2.45) is 0 Å². The van der Waals surface area contributed by atoms with Gasteiger partial charge in [0.05, 0.1) is 37.6 Å². The fourth-order valence-corrected chi connectivity index (χ4v) is 4.27. The van der Waals surface area contributed by atoms with Gasteiger partial charge in [0.15, 0.2) is 0 Å². The number of ether oxygens (including phenoxy) is 4. The molecular formula is C24H28O4S. The molecule has 1 heterocycles. The van der Waals surface area contributed by atoms with Crippen molar-refractivity contribution < 1.29 is 18.9 Å². The molecule has 5 heteroatoms. The second kappa shape index (κ2) is 9.23. The van der Waals surface area contributed by atoms with E-state index in [-0.39, 0.29) is 12.2 Å². The second-order valence-electron chi connectivity index (χ2n) is 7.16. The smallest absolute Gasteiger partial charge is 0.132 e. The van der Waals surface area contributed by atoms with Gasteiger partial charge in [-0.15, -0.1) is 11.3 Å². The molecule has 0 unspecified atom stereocenters. The van der Waals surface area contributed by atoms with Crippen LogP contribution in [0.25, 0.3) is 20.9 Å². The Morgan fingerprint density at radius 2 is 0.966 bits per heavy atom. The van der Waals surface area contributed by atoms with Gasteiger partial charge in [0, 0.05) is 9.75 Å². The van der Waals surface area contributed by atoms with Crippen molar-refractivity contribution in [2.75, 3.05) is 14.2 Å². The first kappa shape index (κ1) is 21.1. The highest BCUT2D eigenvalue weighted by atomic mass is 32.1. The average molecular weight is 413 g/mol. The van der Waals surface area contributed by atoms with Crippen LogP contribution >= 0.6 is 11.3 Å². The van der Waals surface area contributed by atoms with E-state index in [1.807, 2.05) is 64.1 Å². The molecule has 0 saturated heterocycles. The number of hydrogen-bond acceptors (Lipinski definition) is 5. The van der Waals surface area contributed by atoms with E-state index >= 15 is 0 Å². The topological polar surface area (TPSA) is 36.9 Å². The van der Waals surface area contributed by atoms with Gasteiger partial charge in [-0.25, -0.2) is 0 Å². The van der Waals surface area contributed by atoms with E-state index in [1.54, 1.807) is 25.6 Å². The average Bonchev–Trinajstić information content (AvgIpc) is 3.15. The molecule has 3 aromatic rings. The first-order chi connectivity index (χ1) is 13.9. The molecule has 4 nitrogen and oxygen atoms in total. The summed E-state index contributed by atoms with van der Waals surface area (Å²) in [6.45, 7) is 8.09. The van der Waals surface area contributed by atoms with Crippen LogP contribution in [0.4, 0.5) is 0 Å². The van der Waals surface area contributed by atoms with Gasteiger partial charge < -0.3 is 18.9 Å². The van der Waals surface area contributed by atoms with E-state index in [0.717, 1.165) is 43.9 Å². The van der Waals surface area contributed by atoms with E-state index < -0.39 is 0 Å². The molecule has 0 bridgehead atoms. The van der Waals surface area contributed by atoms with Crippen LogP contribution in [0.5, 0.6) is 23.0 Å². The molecule has 0 aliphatic rings. The van der Waals surface area contributed by atoms with Gasteiger partial charge in [-0.05, 0) is 64.1 Å². The summed E-state index contributed by atoms with van der Waals surface area (Å²) in [6.07, 6.45) is 0.140. The molecule has 0 saturated carbocycles. The van der Waals surface area contributed by atoms with E-state index in [2.05, 4.69) is 12.1 Å². The minimum atomic E-state index is 0.0700. The molecule has 0 aliphatic heterocycles. The third kappa shape index (κ3) is 4.67. The van der Waals surface area contributed by atoms with Crippen molar-refractivity contribution in [1.82, 2.24) is 0 Å². The lowest BCUT2D eigenvalue weighted by Gasteiger charge is -2.17. The quantitative estimate of drug-likeness (QED) is 0.414. The first-order valence-corrected chi connectivity index (χ1v) is 10.5. The van der Waals surface area contributed by atoms with Gasteiger partial charge in [-0.3, -0.25) is 0 Å². The number of methoxy groups -OCH3 is 2. The van der Waals surface area contributed by atoms with Gasteiger partial charge in [-0.2, -0.15) is 0 Å². The van der Waals surface area contributed by atoms with Crippen molar-refractivity contribution in [3.05, 3.63) is 48.5 Å². The zero-order valence-corrected chi connectivity index (χ0v) is 18.6. The van der Waals surface area contributed by atoms with Crippen LogP contribution < -0.4 is 18.9 Å². The summed E-state index contributed by atoms with van der Waals surface area (Å²) < 4.78 is 23.4. The molecule has 0 aliphatic carbocycles. The molecule has 0 atom stereocenters. The third-order valence-corrected chi connectivity index (χ3v) is 5.36.